The number of anilines is 1. The van der Waals surface area contributed by atoms with Crippen LogP contribution in [-0.2, 0) is 6.42 Å². The van der Waals surface area contributed by atoms with Gasteiger partial charge < -0.3 is 11.5 Å². The van der Waals surface area contributed by atoms with Crippen LogP contribution in [0, 0.1) is 0 Å². The van der Waals surface area contributed by atoms with Crippen molar-refractivity contribution in [2.45, 2.75) is 17.4 Å². The first kappa shape index (κ1) is 12.9. The summed E-state index contributed by atoms with van der Waals surface area (Å²) in [5.74, 6) is 0. The highest BCUT2D eigenvalue weighted by molar-refractivity contribution is 7.98. The number of rotatable bonds is 4. The van der Waals surface area contributed by atoms with E-state index >= 15 is 0 Å². The summed E-state index contributed by atoms with van der Waals surface area (Å²) in [6.45, 7) is 0. The zero-order chi connectivity index (χ0) is 13.0. The van der Waals surface area contributed by atoms with Crippen molar-refractivity contribution in [3.8, 4) is 0 Å². The quantitative estimate of drug-likeness (QED) is 0.828. The van der Waals surface area contributed by atoms with Gasteiger partial charge in [0.2, 0.25) is 0 Å². The molecule has 0 saturated carbocycles. The van der Waals surface area contributed by atoms with Crippen molar-refractivity contribution < 1.29 is 0 Å². The predicted molar refractivity (Wildman–Crippen MR) is 77.5 cm³/mol. The Morgan fingerprint density at radius 3 is 2.56 bits per heavy atom. The van der Waals surface area contributed by atoms with E-state index < -0.39 is 0 Å². The van der Waals surface area contributed by atoms with Gasteiger partial charge in [-0.05, 0) is 42.0 Å². The molecule has 0 amide bonds. The molecule has 0 aliphatic carbocycles. The smallest absolute Gasteiger partial charge is 0.0378 e. The summed E-state index contributed by atoms with van der Waals surface area (Å²) in [6.07, 6.45) is 6.24. The van der Waals surface area contributed by atoms with Crippen LogP contribution in [0.4, 0.5) is 5.69 Å². The van der Waals surface area contributed by atoms with Gasteiger partial charge in [0, 0.05) is 29.0 Å². The Morgan fingerprint density at radius 1 is 1.22 bits per heavy atom. The van der Waals surface area contributed by atoms with Gasteiger partial charge >= 0.3 is 0 Å². The molecule has 4 heteroatoms. The largest absolute Gasteiger partial charge is 0.398 e. The summed E-state index contributed by atoms with van der Waals surface area (Å²) in [4.78, 5) is 5.32. The van der Waals surface area contributed by atoms with Crippen molar-refractivity contribution in [2.24, 2.45) is 5.73 Å². The van der Waals surface area contributed by atoms with E-state index in [1.54, 1.807) is 30.2 Å². The lowest BCUT2D eigenvalue weighted by Crippen LogP contribution is -2.14. The molecule has 0 aliphatic rings. The second-order valence-corrected chi connectivity index (χ2v) is 5.04. The number of nitrogens with zero attached hydrogens (tertiary/aromatic N) is 1. The van der Waals surface area contributed by atoms with E-state index in [2.05, 4.69) is 35.5 Å². The number of hydrogen-bond donors (Lipinski definition) is 2. The maximum Gasteiger partial charge on any atom is 0.0378 e. The third-order valence-electron chi connectivity index (χ3n) is 2.93. The van der Waals surface area contributed by atoms with Crippen molar-refractivity contribution in [3.05, 3.63) is 53.9 Å². The Kier molecular flexibility index (Phi) is 4.23. The lowest BCUT2D eigenvalue weighted by Gasteiger charge is -2.13. The van der Waals surface area contributed by atoms with Gasteiger partial charge in [0.1, 0.15) is 0 Å². The molecule has 1 unspecified atom stereocenters. The number of pyridine rings is 1. The van der Waals surface area contributed by atoms with Crippen LogP contribution in [0.25, 0.3) is 0 Å². The van der Waals surface area contributed by atoms with Crippen LogP contribution >= 0.6 is 11.8 Å². The average Bonchev–Trinajstić information content (AvgIpc) is 2.41. The Balaban J connectivity index is 2.11. The van der Waals surface area contributed by atoms with Crippen molar-refractivity contribution in [3.63, 3.8) is 0 Å². The summed E-state index contributed by atoms with van der Waals surface area (Å²) >= 11 is 1.72. The summed E-state index contributed by atoms with van der Waals surface area (Å²) in [5.41, 5.74) is 15.0. The molecule has 1 aromatic heterocycles. The summed E-state index contributed by atoms with van der Waals surface area (Å²) in [5, 5.41) is 0. The first-order chi connectivity index (χ1) is 8.70. The van der Waals surface area contributed by atoms with E-state index in [-0.39, 0.29) is 6.04 Å². The number of aromatic nitrogens is 1. The van der Waals surface area contributed by atoms with E-state index in [1.807, 2.05) is 0 Å². The van der Waals surface area contributed by atoms with Crippen LogP contribution in [0.2, 0.25) is 0 Å². The third-order valence-corrected chi connectivity index (χ3v) is 3.67. The van der Waals surface area contributed by atoms with Crippen LogP contribution in [0.5, 0.6) is 0 Å². The topological polar surface area (TPSA) is 64.9 Å². The second kappa shape index (κ2) is 5.89. The normalized spacial score (nSPS) is 12.3. The number of hydrogen-bond acceptors (Lipinski definition) is 4. The van der Waals surface area contributed by atoms with Crippen molar-refractivity contribution in [1.29, 1.82) is 0 Å². The standard InChI is InChI=1S/C14H17N3S/c1-18-12-4-2-10(3-5-12)14(16)8-11-9-17-7-6-13(11)15/h2-7,9,14H,8,16H2,1H3,(H2,15,17). The van der Waals surface area contributed by atoms with Gasteiger partial charge in [-0.1, -0.05) is 12.1 Å². The molecule has 0 saturated heterocycles. The van der Waals surface area contributed by atoms with E-state index in [1.165, 1.54) is 4.90 Å². The van der Waals surface area contributed by atoms with Gasteiger partial charge in [-0.3, -0.25) is 4.98 Å². The Bertz CT molecular complexity index is 511. The second-order valence-electron chi connectivity index (χ2n) is 4.16. The maximum absolute atomic E-state index is 6.20. The van der Waals surface area contributed by atoms with Crippen LogP contribution in [0.3, 0.4) is 0 Å². The monoisotopic (exact) mass is 259 g/mol. The molecule has 0 aliphatic heterocycles. The molecule has 0 spiro atoms. The molecule has 2 aromatic rings. The minimum absolute atomic E-state index is 0.0487. The first-order valence-corrected chi connectivity index (χ1v) is 7.01. The molecule has 1 heterocycles. The molecule has 2 rings (SSSR count). The zero-order valence-corrected chi connectivity index (χ0v) is 11.2. The fourth-order valence-corrected chi connectivity index (χ4v) is 2.22. The highest BCUT2D eigenvalue weighted by Crippen LogP contribution is 2.22. The molecule has 94 valence electrons. The molecule has 1 aromatic carbocycles. The summed E-state index contributed by atoms with van der Waals surface area (Å²) in [6, 6.07) is 10.1. The fraction of sp³-hybridized carbons (Fsp3) is 0.214. The zero-order valence-electron chi connectivity index (χ0n) is 10.3. The Morgan fingerprint density at radius 2 is 1.94 bits per heavy atom. The fourth-order valence-electron chi connectivity index (χ4n) is 1.81. The van der Waals surface area contributed by atoms with Crippen molar-refractivity contribution in [1.82, 2.24) is 4.98 Å². The van der Waals surface area contributed by atoms with Gasteiger partial charge in [0.05, 0.1) is 0 Å². The number of nitrogens with two attached hydrogens (primary N) is 2. The van der Waals surface area contributed by atoms with E-state index in [0.29, 0.717) is 6.42 Å². The first-order valence-electron chi connectivity index (χ1n) is 5.78. The lowest BCUT2D eigenvalue weighted by atomic mass is 10.00. The van der Waals surface area contributed by atoms with Crippen molar-refractivity contribution >= 4 is 17.4 Å². The van der Waals surface area contributed by atoms with E-state index in [9.17, 15) is 0 Å². The molecule has 1 atom stereocenters. The Labute approximate surface area is 112 Å². The molecule has 0 bridgehead atoms. The molecule has 0 fully saturated rings. The predicted octanol–water partition coefficient (Wildman–Crippen LogP) is 2.63. The minimum atomic E-state index is -0.0487. The molecule has 18 heavy (non-hydrogen) atoms. The number of benzene rings is 1. The van der Waals surface area contributed by atoms with Crippen LogP contribution in [0.15, 0.2) is 47.6 Å². The Hall–Kier alpha value is -1.52. The highest BCUT2D eigenvalue weighted by atomic mass is 32.2. The summed E-state index contributed by atoms with van der Waals surface area (Å²) < 4.78 is 0. The molecule has 0 radical (unpaired) electrons. The van der Waals surface area contributed by atoms with Gasteiger partial charge in [-0.25, -0.2) is 0 Å². The highest BCUT2D eigenvalue weighted by Gasteiger charge is 2.09. The van der Waals surface area contributed by atoms with Gasteiger partial charge in [-0.2, -0.15) is 0 Å². The molecular formula is C14H17N3S. The third kappa shape index (κ3) is 3.03. The van der Waals surface area contributed by atoms with Crippen LogP contribution in [-0.4, -0.2) is 11.2 Å². The maximum atomic E-state index is 6.20. The van der Waals surface area contributed by atoms with Crippen molar-refractivity contribution in [2.75, 3.05) is 12.0 Å². The SMILES string of the molecule is CSc1ccc(C(N)Cc2cnccc2N)cc1. The minimum Gasteiger partial charge on any atom is -0.398 e. The summed E-state index contributed by atoms with van der Waals surface area (Å²) in [7, 11) is 0. The molecule has 3 nitrogen and oxygen atoms in total. The number of thioether (sulfide) groups is 1. The van der Waals surface area contributed by atoms with Crippen LogP contribution in [0.1, 0.15) is 17.2 Å². The number of nitrogen functional groups attached to an aromatic ring is 1. The van der Waals surface area contributed by atoms with Gasteiger partial charge in [-0.15, -0.1) is 11.8 Å². The van der Waals surface area contributed by atoms with Gasteiger partial charge in [0.25, 0.3) is 0 Å². The van der Waals surface area contributed by atoms with E-state index in [0.717, 1.165) is 16.8 Å². The molecular weight excluding hydrogens is 242 g/mol. The van der Waals surface area contributed by atoms with Crippen LogP contribution < -0.4 is 11.5 Å². The van der Waals surface area contributed by atoms with E-state index in [4.69, 9.17) is 11.5 Å². The average molecular weight is 259 g/mol. The molecule has 4 N–H and O–H groups in total. The van der Waals surface area contributed by atoms with Gasteiger partial charge in [0.15, 0.2) is 0 Å². The lowest BCUT2D eigenvalue weighted by molar-refractivity contribution is 0.720.